The van der Waals surface area contributed by atoms with Gasteiger partial charge in [-0.25, -0.2) is 9.78 Å². The molecule has 8 heteroatoms. The standard InChI is InChI=1S/C9H7BrF3NO3/c1-2-16-8(15)6-3-5(4-7(10)14-6)17-9(11,12)13/h3-4H,2H2,1H3. The number of carbonyl (C=O) groups excluding carboxylic acids is 1. The smallest absolute Gasteiger partial charge is 0.461 e. The number of ether oxygens (including phenoxy) is 2. The van der Waals surface area contributed by atoms with E-state index in [1.165, 1.54) is 0 Å². The first-order valence-electron chi connectivity index (χ1n) is 4.42. The summed E-state index contributed by atoms with van der Waals surface area (Å²) in [5, 5.41) is 0. The summed E-state index contributed by atoms with van der Waals surface area (Å²) in [5.41, 5.74) is -0.263. The lowest BCUT2D eigenvalue weighted by molar-refractivity contribution is -0.274. The molecule has 0 saturated heterocycles. The average Bonchev–Trinajstić information content (AvgIpc) is 2.14. The van der Waals surface area contributed by atoms with Crippen LogP contribution in [0.25, 0.3) is 0 Å². The lowest BCUT2D eigenvalue weighted by atomic mass is 10.3. The molecule has 1 heterocycles. The van der Waals surface area contributed by atoms with Crippen LogP contribution in [-0.2, 0) is 4.74 Å². The van der Waals surface area contributed by atoms with Crippen LogP contribution in [0.15, 0.2) is 16.7 Å². The molecule has 0 N–H and O–H groups in total. The topological polar surface area (TPSA) is 48.4 Å². The molecule has 1 aromatic rings. The predicted octanol–water partition coefficient (Wildman–Crippen LogP) is 2.92. The highest BCUT2D eigenvalue weighted by molar-refractivity contribution is 9.10. The molecule has 1 aromatic heterocycles. The highest BCUT2D eigenvalue weighted by Crippen LogP contribution is 2.25. The second-order valence-corrected chi connectivity index (χ2v) is 3.59. The third kappa shape index (κ3) is 4.59. The van der Waals surface area contributed by atoms with Crippen molar-refractivity contribution in [1.29, 1.82) is 0 Å². The van der Waals surface area contributed by atoms with Gasteiger partial charge in [0.2, 0.25) is 0 Å². The van der Waals surface area contributed by atoms with Crippen LogP contribution < -0.4 is 4.74 Å². The lowest BCUT2D eigenvalue weighted by Crippen LogP contribution is -2.18. The minimum atomic E-state index is -4.83. The zero-order valence-corrected chi connectivity index (χ0v) is 10.1. The summed E-state index contributed by atoms with van der Waals surface area (Å²) in [7, 11) is 0. The summed E-state index contributed by atoms with van der Waals surface area (Å²) in [4.78, 5) is 14.9. The molecule has 0 aliphatic rings. The molecular formula is C9H7BrF3NO3. The van der Waals surface area contributed by atoms with Gasteiger partial charge < -0.3 is 9.47 Å². The van der Waals surface area contributed by atoms with E-state index >= 15 is 0 Å². The third-order valence-electron chi connectivity index (χ3n) is 1.49. The fourth-order valence-electron chi connectivity index (χ4n) is 0.976. The maximum absolute atomic E-state index is 12.0. The number of hydrogen-bond donors (Lipinski definition) is 0. The van der Waals surface area contributed by atoms with E-state index in [1.54, 1.807) is 6.92 Å². The molecule has 0 aromatic carbocycles. The van der Waals surface area contributed by atoms with Gasteiger partial charge >= 0.3 is 12.3 Å². The monoisotopic (exact) mass is 313 g/mol. The van der Waals surface area contributed by atoms with Crippen molar-refractivity contribution in [2.75, 3.05) is 6.61 Å². The quantitative estimate of drug-likeness (QED) is 0.636. The van der Waals surface area contributed by atoms with Crippen molar-refractivity contribution in [3.05, 3.63) is 22.4 Å². The van der Waals surface area contributed by atoms with Crippen LogP contribution in [0.1, 0.15) is 17.4 Å². The molecule has 0 fully saturated rings. The van der Waals surface area contributed by atoms with Crippen molar-refractivity contribution in [3.63, 3.8) is 0 Å². The molecule has 0 aliphatic heterocycles. The van der Waals surface area contributed by atoms with E-state index in [0.717, 1.165) is 12.1 Å². The number of alkyl halides is 3. The lowest BCUT2D eigenvalue weighted by Gasteiger charge is -2.10. The van der Waals surface area contributed by atoms with Gasteiger partial charge in [0, 0.05) is 12.1 Å². The first-order valence-corrected chi connectivity index (χ1v) is 5.21. The first-order chi connectivity index (χ1) is 7.81. The van der Waals surface area contributed by atoms with Crippen LogP contribution in [-0.4, -0.2) is 23.9 Å². The van der Waals surface area contributed by atoms with Gasteiger partial charge in [0.15, 0.2) is 5.69 Å². The van der Waals surface area contributed by atoms with Crippen molar-refractivity contribution in [1.82, 2.24) is 4.98 Å². The fourth-order valence-corrected chi connectivity index (χ4v) is 1.39. The second kappa shape index (κ2) is 5.35. The molecule has 94 valence electrons. The van der Waals surface area contributed by atoms with E-state index < -0.39 is 18.1 Å². The summed E-state index contributed by atoms with van der Waals surface area (Å²) in [5.74, 6) is -1.36. The molecule has 4 nitrogen and oxygen atoms in total. The maximum Gasteiger partial charge on any atom is 0.573 e. The Labute approximate surface area is 103 Å². The molecule has 0 spiro atoms. The van der Waals surface area contributed by atoms with E-state index in [4.69, 9.17) is 0 Å². The van der Waals surface area contributed by atoms with Crippen LogP contribution in [0.5, 0.6) is 5.75 Å². The van der Waals surface area contributed by atoms with Crippen molar-refractivity contribution in [3.8, 4) is 5.75 Å². The van der Waals surface area contributed by atoms with E-state index in [9.17, 15) is 18.0 Å². The normalized spacial score (nSPS) is 11.1. The zero-order valence-electron chi connectivity index (χ0n) is 8.55. The Kier molecular flexibility index (Phi) is 4.33. The Hall–Kier alpha value is -1.31. The highest BCUT2D eigenvalue weighted by atomic mass is 79.9. The van der Waals surface area contributed by atoms with Gasteiger partial charge in [-0.2, -0.15) is 0 Å². The summed E-state index contributed by atoms with van der Waals surface area (Å²) in [6, 6.07) is 1.85. The molecule has 1 rings (SSSR count). The third-order valence-corrected chi connectivity index (χ3v) is 1.89. The van der Waals surface area contributed by atoms with Crippen LogP contribution in [0, 0.1) is 0 Å². The number of rotatable bonds is 3. The summed E-state index contributed by atoms with van der Waals surface area (Å²) in [6.45, 7) is 1.67. The van der Waals surface area contributed by atoms with Crippen molar-refractivity contribution >= 4 is 21.9 Å². The van der Waals surface area contributed by atoms with E-state index in [2.05, 4.69) is 30.4 Å². The van der Waals surface area contributed by atoms with Crippen LogP contribution in [0.2, 0.25) is 0 Å². The van der Waals surface area contributed by atoms with E-state index in [1.807, 2.05) is 0 Å². The zero-order chi connectivity index (χ0) is 13.1. The second-order valence-electron chi connectivity index (χ2n) is 2.78. The molecule has 0 aliphatic carbocycles. The van der Waals surface area contributed by atoms with Crippen LogP contribution in [0.3, 0.4) is 0 Å². The molecule has 0 bridgehead atoms. The number of esters is 1. The van der Waals surface area contributed by atoms with Crippen LogP contribution in [0.4, 0.5) is 13.2 Å². The Morgan fingerprint density at radius 2 is 2.12 bits per heavy atom. The van der Waals surface area contributed by atoms with Gasteiger partial charge in [-0.15, -0.1) is 13.2 Å². The SMILES string of the molecule is CCOC(=O)c1cc(OC(F)(F)F)cc(Br)n1. The predicted molar refractivity (Wildman–Crippen MR) is 54.6 cm³/mol. The van der Waals surface area contributed by atoms with Crippen molar-refractivity contribution in [2.24, 2.45) is 0 Å². The van der Waals surface area contributed by atoms with Crippen molar-refractivity contribution in [2.45, 2.75) is 13.3 Å². The van der Waals surface area contributed by atoms with E-state index in [0.29, 0.717) is 0 Å². The van der Waals surface area contributed by atoms with Gasteiger partial charge in [0.1, 0.15) is 10.4 Å². The number of nitrogens with zero attached hydrogens (tertiary/aromatic N) is 1. The molecule has 17 heavy (non-hydrogen) atoms. The van der Waals surface area contributed by atoms with Gasteiger partial charge in [0.05, 0.1) is 6.61 Å². The number of halogens is 4. The maximum atomic E-state index is 12.0. The Morgan fingerprint density at radius 3 is 2.65 bits per heavy atom. The fraction of sp³-hybridized carbons (Fsp3) is 0.333. The number of aromatic nitrogens is 1. The molecule has 0 unspecified atom stereocenters. The Balaban J connectivity index is 2.98. The Bertz CT molecular complexity index is 422. The summed E-state index contributed by atoms with van der Waals surface area (Å²) < 4.78 is 44.3. The van der Waals surface area contributed by atoms with Gasteiger partial charge in [-0.3, -0.25) is 0 Å². The minimum absolute atomic E-state index is 0.0438. The number of hydrogen-bond acceptors (Lipinski definition) is 4. The molecule has 0 amide bonds. The highest BCUT2D eigenvalue weighted by Gasteiger charge is 2.31. The molecule has 0 atom stereocenters. The van der Waals surface area contributed by atoms with Crippen LogP contribution >= 0.6 is 15.9 Å². The molecule has 0 radical (unpaired) electrons. The first kappa shape index (κ1) is 13.8. The summed E-state index contributed by atoms with van der Waals surface area (Å²) >= 11 is 2.87. The largest absolute Gasteiger partial charge is 0.573 e. The number of pyridine rings is 1. The van der Waals surface area contributed by atoms with Crippen molar-refractivity contribution < 1.29 is 27.4 Å². The minimum Gasteiger partial charge on any atom is -0.461 e. The van der Waals surface area contributed by atoms with Gasteiger partial charge in [0.25, 0.3) is 0 Å². The number of carbonyl (C=O) groups is 1. The molecular weight excluding hydrogens is 307 g/mol. The molecule has 0 saturated carbocycles. The van der Waals surface area contributed by atoms with Gasteiger partial charge in [-0.1, -0.05) is 0 Å². The summed E-state index contributed by atoms with van der Waals surface area (Å²) in [6.07, 6.45) is -4.83. The van der Waals surface area contributed by atoms with E-state index in [-0.39, 0.29) is 16.9 Å². The average molecular weight is 314 g/mol. The Morgan fingerprint density at radius 1 is 1.47 bits per heavy atom. The van der Waals surface area contributed by atoms with Gasteiger partial charge in [-0.05, 0) is 22.9 Å².